The van der Waals surface area contributed by atoms with E-state index in [1.807, 2.05) is 0 Å². The molecule has 56 heavy (non-hydrogen) atoms. The Morgan fingerprint density at radius 2 is 0.393 bits per heavy atom. The molecule has 0 aromatic carbocycles. The Bertz CT molecular complexity index is 777. The largest absolute Gasteiger partial charge is 1.00 e. The molecule has 12 heteroatoms. The summed E-state index contributed by atoms with van der Waals surface area (Å²) in [7, 11) is -8.30. The van der Waals surface area contributed by atoms with Gasteiger partial charge in [0.2, 0.25) is 0 Å². The van der Waals surface area contributed by atoms with E-state index in [4.69, 9.17) is 18.1 Å². The van der Waals surface area contributed by atoms with E-state index in [0.717, 1.165) is 77.0 Å². The Labute approximate surface area is 392 Å². The minimum Gasteiger partial charge on any atom is -0.756 e. The van der Waals surface area contributed by atoms with Gasteiger partial charge in [0, 0.05) is 0 Å². The van der Waals surface area contributed by atoms with Crippen molar-refractivity contribution in [3.63, 3.8) is 0 Å². The molecule has 2 unspecified atom stereocenters. The Hall–Kier alpha value is 2.22. The van der Waals surface area contributed by atoms with Crippen molar-refractivity contribution in [1.29, 1.82) is 0 Å². The van der Waals surface area contributed by atoms with E-state index in [1.54, 1.807) is 0 Å². The van der Waals surface area contributed by atoms with Gasteiger partial charge in [-0.3, -0.25) is 9.13 Å². The van der Waals surface area contributed by atoms with Gasteiger partial charge in [0.05, 0.1) is 26.4 Å². The first-order valence-electron chi connectivity index (χ1n) is 23.5. The number of rotatable bonds is 47. The van der Waals surface area contributed by atoms with E-state index < -0.39 is 15.6 Å². The zero-order valence-electron chi connectivity index (χ0n) is 37.9. The molecule has 0 heterocycles. The third-order valence-corrected chi connectivity index (χ3v) is 12.5. The van der Waals surface area contributed by atoms with Gasteiger partial charge in [0.15, 0.2) is 0 Å². The van der Waals surface area contributed by atoms with E-state index in [9.17, 15) is 18.9 Å². The maximum atomic E-state index is 11.9. The van der Waals surface area contributed by atoms with Gasteiger partial charge in [-0.25, -0.2) is 0 Å². The summed E-state index contributed by atoms with van der Waals surface area (Å²) in [5.74, 6) is 0. The van der Waals surface area contributed by atoms with Crippen LogP contribution in [-0.4, -0.2) is 26.4 Å². The van der Waals surface area contributed by atoms with Crippen molar-refractivity contribution >= 4 is 15.6 Å². The first-order valence-corrected chi connectivity index (χ1v) is 26.5. The molecule has 0 bridgehead atoms. The zero-order valence-corrected chi connectivity index (χ0v) is 43.6. The van der Waals surface area contributed by atoms with Crippen molar-refractivity contribution in [3.05, 3.63) is 0 Å². The number of phosphoric ester groups is 2. The summed E-state index contributed by atoms with van der Waals surface area (Å²) in [4.78, 5) is 23.9. The fraction of sp³-hybridized carbons (Fsp3) is 1.00. The van der Waals surface area contributed by atoms with Crippen LogP contribution in [0.5, 0.6) is 0 Å². The minimum absolute atomic E-state index is 0. The van der Waals surface area contributed by atoms with Crippen LogP contribution < -0.4 is 68.9 Å². The van der Waals surface area contributed by atoms with Crippen LogP contribution >= 0.6 is 15.6 Å². The average Bonchev–Trinajstić information content (AvgIpc) is 3.14. The van der Waals surface area contributed by atoms with Crippen molar-refractivity contribution in [3.8, 4) is 0 Å². The summed E-state index contributed by atoms with van der Waals surface area (Å²) < 4.78 is 44.1. The van der Waals surface area contributed by atoms with Gasteiger partial charge in [-0.15, -0.1) is 0 Å². The number of phosphoric acid groups is 2. The Balaban J connectivity index is -0.0000140. The normalized spacial score (nSPS) is 13.6. The van der Waals surface area contributed by atoms with Crippen LogP contribution in [0.3, 0.4) is 0 Å². The van der Waals surface area contributed by atoms with Crippen LogP contribution in [0.4, 0.5) is 0 Å². The van der Waals surface area contributed by atoms with Crippen LogP contribution in [0.2, 0.25) is 0 Å². The summed E-state index contributed by atoms with van der Waals surface area (Å²) in [5.41, 5.74) is 0. The maximum absolute atomic E-state index is 11.9. The molecule has 326 valence electrons. The van der Waals surface area contributed by atoms with Crippen LogP contribution in [0.25, 0.3) is 0 Å². The van der Waals surface area contributed by atoms with Crippen molar-refractivity contribution in [2.45, 2.75) is 258 Å². The van der Waals surface area contributed by atoms with Gasteiger partial charge in [0.1, 0.15) is 0 Å². The second-order valence-corrected chi connectivity index (χ2v) is 18.8. The second-order valence-electron chi connectivity index (χ2n) is 16.0. The molecule has 0 saturated heterocycles. The summed E-state index contributed by atoms with van der Waals surface area (Å²) in [6.07, 6.45) is 45.5. The molecule has 0 aliphatic rings. The minimum atomic E-state index is -4.15. The molecule has 0 radical (unpaired) electrons. The predicted molar refractivity (Wildman–Crippen MR) is 226 cm³/mol. The summed E-state index contributed by atoms with van der Waals surface area (Å²) in [6.45, 7) is 5.43. The topological polar surface area (TPSA) is 117 Å². The molecule has 2 atom stereocenters. The molecule has 0 amide bonds. The van der Waals surface area contributed by atoms with Crippen molar-refractivity contribution < 1.29 is 96.1 Å². The molecule has 0 saturated carbocycles. The first-order chi connectivity index (χ1) is 26.3. The first kappa shape index (κ1) is 62.5. The molecule has 8 nitrogen and oxygen atoms in total. The molecule has 0 fully saturated rings. The summed E-state index contributed by atoms with van der Waals surface area (Å²) in [5, 5.41) is 0. The predicted octanol–water partition coefficient (Wildman–Crippen LogP) is 8.86. The molecule has 0 aliphatic carbocycles. The van der Waals surface area contributed by atoms with E-state index >= 15 is 0 Å². The van der Waals surface area contributed by atoms with E-state index in [1.165, 1.54) is 167 Å². The third-order valence-electron chi connectivity index (χ3n) is 10.5. The van der Waals surface area contributed by atoms with Crippen LogP contribution in [0.15, 0.2) is 0 Å². The fourth-order valence-corrected chi connectivity index (χ4v) is 8.55. The molecule has 0 N–H and O–H groups in total. The Morgan fingerprint density at radius 3 is 0.536 bits per heavy atom. The van der Waals surface area contributed by atoms with E-state index in [0.29, 0.717) is 0 Å². The van der Waals surface area contributed by atoms with Crippen molar-refractivity contribution in [1.82, 2.24) is 0 Å². The van der Waals surface area contributed by atoms with Gasteiger partial charge in [-0.2, -0.15) is 0 Å². The smallest absolute Gasteiger partial charge is 0.756 e. The van der Waals surface area contributed by atoms with Crippen molar-refractivity contribution in [2.24, 2.45) is 0 Å². The van der Waals surface area contributed by atoms with Crippen LogP contribution in [0, 0.1) is 0 Å². The van der Waals surface area contributed by atoms with Gasteiger partial charge in [-0.1, -0.05) is 232 Å². The molecule has 0 rings (SSSR count). The third kappa shape index (κ3) is 52.4. The van der Waals surface area contributed by atoms with Gasteiger partial charge < -0.3 is 27.9 Å². The maximum Gasteiger partial charge on any atom is 1.00 e. The number of hydrogen-bond donors (Lipinski definition) is 0. The van der Waals surface area contributed by atoms with Gasteiger partial charge >= 0.3 is 59.1 Å². The molecule has 0 aliphatic heterocycles. The van der Waals surface area contributed by atoms with Gasteiger partial charge in [-0.05, 0) is 25.7 Å². The standard InChI is InChI=1S/C44H92O8P2.2Na/c1-3-5-7-9-11-13-25-29-33-37-41-49-53(45,46)51-43-39-35-31-27-23-21-19-17-15-16-18-20-22-24-28-32-36-40-44-52-54(47,48)50-42-38-34-30-26-14-12-10-8-6-4-2;;/h3-44H2,1-2H3,(H,45,46)(H,47,48);;/q;2*+1/p-2. The van der Waals surface area contributed by atoms with E-state index in [-0.39, 0.29) is 85.5 Å². The fourth-order valence-electron chi connectivity index (χ4n) is 6.99. The SMILES string of the molecule is CCCCCCCCCCCCOP(=O)([O-])OCCCCCCCCCCCCCCCCCCCCOP(=O)([O-])OCCCCCCCCCCCC.[Na+].[Na+]. The van der Waals surface area contributed by atoms with E-state index in [2.05, 4.69) is 13.8 Å². The zero-order chi connectivity index (χ0) is 39.5. The second kappa shape index (κ2) is 49.9. The summed E-state index contributed by atoms with van der Waals surface area (Å²) in [6, 6.07) is 0. The van der Waals surface area contributed by atoms with Crippen molar-refractivity contribution in [2.75, 3.05) is 26.4 Å². The quantitative estimate of drug-likeness (QED) is 0.0339. The van der Waals surface area contributed by atoms with Gasteiger partial charge in [0.25, 0.3) is 15.6 Å². The summed E-state index contributed by atoms with van der Waals surface area (Å²) >= 11 is 0. The number of unbranched alkanes of at least 4 members (excludes halogenated alkanes) is 35. The van der Waals surface area contributed by atoms with Crippen LogP contribution in [0.1, 0.15) is 258 Å². The molecule has 0 aromatic rings. The molecular formula is C44H90Na2O8P2. The Kier molecular flexibility index (Phi) is 55.7. The Morgan fingerprint density at radius 1 is 0.268 bits per heavy atom. The number of hydrogen-bond acceptors (Lipinski definition) is 8. The molecule has 0 aromatic heterocycles. The average molecular weight is 855 g/mol. The van der Waals surface area contributed by atoms with Crippen LogP contribution in [-0.2, 0) is 27.2 Å². The monoisotopic (exact) mass is 855 g/mol. The molecule has 0 spiro atoms. The molecular weight excluding hydrogens is 764 g/mol.